The Kier molecular flexibility index (Phi) is 4.44. The molecule has 0 unspecified atom stereocenters. The largest absolute Gasteiger partial charge is 0.294 e. The van der Waals surface area contributed by atoms with Crippen LogP contribution in [0, 0.1) is 0 Å². The number of benzene rings is 2. The number of hydrogen-bond acceptors (Lipinski definition) is 1. The molecule has 2 aromatic carbocycles. The molecule has 0 aliphatic carbocycles. The number of carbonyl (C=O) groups is 1. The van der Waals surface area contributed by atoms with Gasteiger partial charge in [0.1, 0.15) is 0 Å². The van der Waals surface area contributed by atoms with Crippen molar-refractivity contribution in [2.45, 2.75) is 6.42 Å². The lowest BCUT2D eigenvalue weighted by Gasteiger charge is -2.03. The van der Waals surface area contributed by atoms with Crippen molar-refractivity contribution in [2.24, 2.45) is 0 Å². The maximum Gasteiger partial charge on any atom is 0.167 e. The molecule has 0 aromatic heterocycles. The van der Waals surface area contributed by atoms with E-state index in [4.69, 9.17) is 23.2 Å². The van der Waals surface area contributed by atoms with Crippen molar-refractivity contribution < 1.29 is 4.79 Å². The highest BCUT2D eigenvalue weighted by Crippen LogP contribution is 2.23. The van der Waals surface area contributed by atoms with Crippen molar-refractivity contribution in [1.29, 1.82) is 0 Å². The third kappa shape index (κ3) is 3.35. The van der Waals surface area contributed by atoms with Crippen LogP contribution in [0.3, 0.4) is 0 Å². The zero-order chi connectivity index (χ0) is 13.1. The molecule has 0 atom stereocenters. The first-order chi connectivity index (χ1) is 8.56. The van der Waals surface area contributed by atoms with Crippen LogP contribution >= 0.6 is 39.1 Å². The predicted octanol–water partition coefficient (Wildman–Crippen LogP) is 5.18. The fraction of sp³-hybridized carbons (Fsp3) is 0.0714. The summed E-state index contributed by atoms with van der Waals surface area (Å²) in [5.74, 6) is 0.0240. The van der Waals surface area contributed by atoms with Crippen molar-refractivity contribution >= 4 is 44.9 Å². The monoisotopic (exact) mass is 342 g/mol. The lowest BCUT2D eigenvalue weighted by Crippen LogP contribution is -2.03. The van der Waals surface area contributed by atoms with Gasteiger partial charge in [0.15, 0.2) is 5.78 Å². The first kappa shape index (κ1) is 13.6. The quantitative estimate of drug-likeness (QED) is 0.701. The first-order valence-electron chi connectivity index (χ1n) is 5.29. The molecular weight excluding hydrogens is 335 g/mol. The molecule has 0 amide bonds. The average molecular weight is 344 g/mol. The first-order valence-corrected chi connectivity index (χ1v) is 6.84. The summed E-state index contributed by atoms with van der Waals surface area (Å²) in [5, 5.41) is 0.857. The normalized spacial score (nSPS) is 10.4. The van der Waals surface area contributed by atoms with Crippen molar-refractivity contribution in [3.8, 4) is 0 Å². The summed E-state index contributed by atoms with van der Waals surface area (Å²) in [7, 11) is 0. The van der Waals surface area contributed by atoms with E-state index in [0.717, 1.165) is 10.0 Å². The second kappa shape index (κ2) is 5.87. The maximum atomic E-state index is 12.0. The van der Waals surface area contributed by atoms with Gasteiger partial charge in [-0.05, 0) is 35.9 Å². The van der Waals surface area contributed by atoms with Gasteiger partial charge in [-0.1, -0.05) is 51.3 Å². The molecule has 2 aromatic rings. The molecule has 0 radical (unpaired) electrons. The number of Topliss-reactive ketones (excluding diaryl/α,β-unsaturated/α-hetero) is 1. The van der Waals surface area contributed by atoms with E-state index in [1.165, 1.54) is 0 Å². The SMILES string of the molecule is O=C(Cc1ccc(Br)cc1)c1ccc(Cl)c(Cl)c1. The molecule has 0 aliphatic rings. The highest BCUT2D eigenvalue weighted by atomic mass is 79.9. The summed E-state index contributed by atoms with van der Waals surface area (Å²) in [6.07, 6.45) is 0.352. The smallest absolute Gasteiger partial charge is 0.167 e. The number of ketones is 1. The van der Waals surface area contributed by atoms with Gasteiger partial charge in [0.05, 0.1) is 10.0 Å². The van der Waals surface area contributed by atoms with Gasteiger partial charge in [0.25, 0.3) is 0 Å². The number of carbonyl (C=O) groups excluding carboxylic acids is 1. The summed E-state index contributed by atoms with van der Waals surface area (Å²) < 4.78 is 0.994. The Morgan fingerprint density at radius 1 is 1.00 bits per heavy atom. The molecule has 92 valence electrons. The molecule has 0 aliphatic heterocycles. The van der Waals surface area contributed by atoms with Crippen LogP contribution in [0.4, 0.5) is 0 Å². The Bertz CT molecular complexity index is 579. The van der Waals surface area contributed by atoms with Crippen LogP contribution in [0.2, 0.25) is 10.0 Å². The molecule has 0 bridgehead atoms. The van der Waals surface area contributed by atoms with Crippen LogP contribution in [-0.2, 0) is 6.42 Å². The van der Waals surface area contributed by atoms with Gasteiger partial charge >= 0.3 is 0 Å². The van der Waals surface area contributed by atoms with Gasteiger partial charge in [-0.3, -0.25) is 4.79 Å². The molecule has 0 heterocycles. The molecule has 4 heteroatoms. The van der Waals surface area contributed by atoms with Crippen LogP contribution in [0.1, 0.15) is 15.9 Å². The van der Waals surface area contributed by atoms with Gasteiger partial charge in [0, 0.05) is 16.5 Å². The molecule has 2 rings (SSSR count). The Morgan fingerprint density at radius 3 is 2.28 bits per heavy atom. The van der Waals surface area contributed by atoms with E-state index in [-0.39, 0.29) is 5.78 Å². The van der Waals surface area contributed by atoms with E-state index in [2.05, 4.69) is 15.9 Å². The molecule has 18 heavy (non-hydrogen) atoms. The minimum atomic E-state index is 0.0240. The summed E-state index contributed by atoms with van der Waals surface area (Å²) >= 11 is 15.1. The van der Waals surface area contributed by atoms with Crippen LogP contribution < -0.4 is 0 Å². The summed E-state index contributed by atoms with van der Waals surface area (Å²) in [6.45, 7) is 0. The highest BCUT2D eigenvalue weighted by molar-refractivity contribution is 9.10. The lowest BCUT2D eigenvalue weighted by molar-refractivity contribution is 0.0993. The number of halogens is 3. The van der Waals surface area contributed by atoms with Gasteiger partial charge in [-0.25, -0.2) is 0 Å². The Hall–Kier alpha value is -0.830. The average Bonchev–Trinajstić information content (AvgIpc) is 2.35. The van der Waals surface area contributed by atoms with E-state index in [0.29, 0.717) is 22.0 Å². The van der Waals surface area contributed by atoms with Gasteiger partial charge in [-0.15, -0.1) is 0 Å². The molecular formula is C14H9BrCl2O. The Morgan fingerprint density at radius 2 is 1.67 bits per heavy atom. The zero-order valence-electron chi connectivity index (χ0n) is 9.29. The molecule has 0 N–H and O–H groups in total. The lowest BCUT2D eigenvalue weighted by atomic mass is 10.0. The topological polar surface area (TPSA) is 17.1 Å². The Balaban J connectivity index is 2.16. The second-order valence-electron chi connectivity index (χ2n) is 3.86. The summed E-state index contributed by atoms with van der Waals surface area (Å²) in [4.78, 5) is 12.0. The third-order valence-electron chi connectivity index (χ3n) is 2.52. The predicted molar refractivity (Wildman–Crippen MR) is 78.6 cm³/mol. The van der Waals surface area contributed by atoms with Crippen LogP contribution in [0.15, 0.2) is 46.9 Å². The molecule has 0 saturated carbocycles. The van der Waals surface area contributed by atoms with Crippen LogP contribution in [0.5, 0.6) is 0 Å². The van der Waals surface area contributed by atoms with Crippen LogP contribution in [0.25, 0.3) is 0 Å². The fourth-order valence-corrected chi connectivity index (χ4v) is 2.12. The molecule has 1 nitrogen and oxygen atoms in total. The maximum absolute atomic E-state index is 12.0. The van der Waals surface area contributed by atoms with E-state index >= 15 is 0 Å². The van der Waals surface area contributed by atoms with Crippen molar-refractivity contribution in [1.82, 2.24) is 0 Å². The van der Waals surface area contributed by atoms with E-state index in [1.54, 1.807) is 18.2 Å². The minimum Gasteiger partial charge on any atom is -0.294 e. The summed E-state index contributed by atoms with van der Waals surface area (Å²) in [5.41, 5.74) is 1.54. The summed E-state index contributed by atoms with van der Waals surface area (Å²) in [6, 6.07) is 12.6. The fourth-order valence-electron chi connectivity index (χ4n) is 1.56. The third-order valence-corrected chi connectivity index (χ3v) is 3.79. The van der Waals surface area contributed by atoms with Gasteiger partial charge in [-0.2, -0.15) is 0 Å². The zero-order valence-corrected chi connectivity index (χ0v) is 12.4. The Labute approximate surface area is 124 Å². The van der Waals surface area contributed by atoms with E-state index < -0.39 is 0 Å². The van der Waals surface area contributed by atoms with E-state index in [1.807, 2.05) is 24.3 Å². The standard InChI is InChI=1S/C14H9BrCl2O/c15-11-4-1-9(2-5-11)7-14(18)10-3-6-12(16)13(17)8-10/h1-6,8H,7H2. The number of hydrogen-bond donors (Lipinski definition) is 0. The van der Waals surface area contributed by atoms with Crippen molar-refractivity contribution in [3.05, 3.63) is 68.1 Å². The van der Waals surface area contributed by atoms with E-state index in [9.17, 15) is 4.79 Å². The van der Waals surface area contributed by atoms with Crippen molar-refractivity contribution in [2.75, 3.05) is 0 Å². The van der Waals surface area contributed by atoms with Crippen LogP contribution in [-0.4, -0.2) is 5.78 Å². The highest BCUT2D eigenvalue weighted by Gasteiger charge is 2.09. The molecule has 0 spiro atoms. The molecule has 0 fully saturated rings. The van der Waals surface area contributed by atoms with Gasteiger partial charge < -0.3 is 0 Å². The minimum absolute atomic E-state index is 0.0240. The number of rotatable bonds is 3. The van der Waals surface area contributed by atoms with Gasteiger partial charge in [0.2, 0.25) is 0 Å². The second-order valence-corrected chi connectivity index (χ2v) is 5.59. The van der Waals surface area contributed by atoms with Crippen molar-refractivity contribution in [3.63, 3.8) is 0 Å². The molecule has 0 saturated heterocycles.